The van der Waals surface area contributed by atoms with Gasteiger partial charge in [0.05, 0.1) is 17.4 Å². The molecule has 3 aromatic carbocycles. The molecule has 0 spiro atoms. The molecule has 0 unspecified atom stereocenters. The second kappa shape index (κ2) is 8.90. The predicted octanol–water partition coefficient (Wildman–Crippen LogP) is 5.15. The van der Waals surface area contributed by atoms with E-state index in [-0.39, 0.29) is 5.91 Å². The highest BCUT2D eigenvalue weighted by Crippen LogP contribution is 2.27. The molecule has 0 bridgehead atoms. The minimum absolute atomic E-state index is 0.0980. The van der Waals surface area contributed by atoms with E-state index < -0.39 is 0 Å². The van der Waals surface area contributed by atoms with Crippen molar-refractivity contribution in [2.75, 3.05) is 12.3 Å². The summed E-state index contributed by atoms with van der Waals surface area (Å²) in [5.74, 6) is 0.557. The zero-order chi connectivity index (χ0) is 22.8. The fourth-order valence-corrected chi connectivity index (χ4v) is 4.54. The Labute approximate surface area is 192 Å². The van der Waals surface area contributed by atoms with Gasteiger partial charge in [0, 0.05) is 31.9 Å². The van der Waals surface area contributed by atoms with Gasteiger partial charge in [-0.05, 0) is 35.2 Å². The minimum atomic E-state index is 0.0980. The maximum atomic E-state index is 12.4. The molecule has 0 aliphatic heterocycles. The first kappa shape index (κ1) is 20.9. The lowest BCUT2D eigenvalue weighted by Crippen LogP contribution is -2.29. The molecule has 2 heterocycles. The number of unbranched alkanes of at least 4 members (excludes halogenated alkanes) is 1. The van der Waals surface area contributed by atoms with Crippen molar-refractivity contribution in [3.05, 3.63) is 78.6 Å². The molecule has 0 atom stereocenters. The number of aromatic nitrogens is 3. The number of imidazole rings is 1. The van der Waals surface area contributed by atoms with Crippen molar-refractivity contribution in [1.82, 2.24) is 19.4 Å². The summed E-state index contributed by atoms with van der Waals surface area (Å²) >= 11 is 0. The van der Waals surface area contributed by atoms with E-state index in [9.17, 15) is 4.79 Å². The number of hydrogen-bond donors (Lipinski definition) is 1. The molecule has 0 aliphatic rings. The molecule has 6 heteroatoms. The second-order valence-corrected chi connectivity index (χ2v) is 8.44. The van der Waals surface area contributed by atoms with Crippen LogP contribution in [-0.4, -0.2) is 31.9 Å². The van der Waals surface area contributed by atoms with Crippen molar-refractivity contribution in [2.24, 2.45) is 0 Å². The molecular formula is C27H27N5O. The van der Waals surface area contributed by atoms with Crippen molar-refractivity contribution in [3.8, 4) is 0 Å². The van der Waals surface area contributed by atoms with Crippen molar-refractivity contribution in [3.63, 3.8) is 0 Å². The zero-order valence-electron chi connectivity index (χ0n) is 18.7. The van der Waals surface area contributed by atoms with Gasteiger partial charge in [-0.15, -0.1) is 0 Å². The van der Waals surface area contributed by atoms with Crippen LogP contribution in [0.5, 0.6) is 0 Å². The van der Waals surface area contributed by atoms with E-state index >= 15 is 0 Å². The van der Waals surface area contributed by atoms with E-state index in [1.54, 1.807) is 6.92 Å². The quantitative estimate of drug-likeness (QED) is 0.357. The summed E-state index contributed by atoms with van der Waals surface area (Å²) in [6, 6.07) is 22.6. The van der Waals surface area contributed by atoms with Gasteiger partial charge in [-0.25, -0.2) is 9.97 Å². The molecule has 0 saturated heterocycles. The molecule has 33 heavy (non-hydrogen) atoms. The molecule has 2 N–H and O–H groups in total. The van der Waals surface area contributed by atoms with Gasteiger partial charge in [0.1, 0.15) is 5.52 Å². The number of rotatable bonds is 7. The van der Waals surface area contributed by atoms with Crippen LogP contribution in [0, 0.1) is 0 Å². The molecule has 2 aromatic heterocycles. The number of aryl methyl sites for hydroxylation is 1. The Morgan fingerprint density at radius 2 is 1.73 bits per heavy atom. The maximum absolute atomic E-state index is 12.4. The normalized spacial score (nSPS) is 11.4. The third kappa shape index (κ3) is 4.12. The molecule has 0 aliphatic carbocycles. The molecule has 5 rings (SSSR count). The summed E-state index contributed by atoms with van der Waals surface area (Å²) < 4.78 is 2.15. The van der Waals surface area contributed by atoms with Crippen LogP contribution in [0.15, 0.2) is 73.1 Å². The fourth-order valence-electron chi connectivity index (χ4n) is 4.54. The van der Waals surface area contributed by atoms with Gasteiger partial charge in [0.25, 0.3) is 0 Å². The molecule has 1 amide bonds. The maximum Gasteiger partial charge on any atom is 0.219 e. The average Bonchev–Trinajstić information content (AvgIpc) is 3.26. The number of fused-ring (bicyclic) bond motifs is 4. The molecule has 5 aromatic rings. The Bertz CT molecular complexity index is 1450. The molecular weight excluding hydrogens is 410 g/mol. The lowest BCUT2D eigenvalue weighted by atomic mass is 10.0. The van der Waals surface area contributed by atoms with Gasteiger partial charge in [0.2, 0.25) is 5.91 Å². The molecule has 0 radical (unpaired) electrons. The molecule has 0 fully saturated rings. The largest absolute Gasteiger partial charge is 0.382 e. The van der Waals surface area contributed by atoms with Crippen LogP contribution in [0.1, 0.15) is 25.3 Å². The molecule has 0 saturated carbocycles. The van der Waals surface area contributed by atoms with Crippen molar-refractivity contribution in [1.29, 1.82) is 0 Å². The smallest absolute Gasteiger partial charge is 0.219 e. The first-order chi connectivity index (χ1) is 16.1. The highest BCUT2D eigenvalue weighted by atomic mass is 16.2. The highest BCUT2D eigenvalue weighted by molar-refractivity contribution is 6.06. The van der Waals surface area contributed by atoms with Crippen LogP contribution in [-0.2, 0) is 17.9 Å². The topological polar surface area (TPSA) is 77.0 Å². The summed E-state index contributed by atoms with van der Waals surface area (Å²) in [5.41, 5.74) is 9.97. The van der Waals surface area contributed by atoms with E-state index in [0.717, 1.165) is 47.9 Å². The van der Waals surface area contributed by atoms with Gasteiger partial charge in [-0.2, -0.15) is 0 Å². The van der Waals surface area contributed by atoms with E-state index in [4.69, 9.17) is 5.73 Å². The van der Waals surface area contributed by atoms with Crippen LogP contribution >= 0.6 is 0 Å². The first-order valence-corrected chi connectivity index (χ1v) is 11.3. The van der Waals surface area contributed by atoms with Gasteiger partial charge in [0.15, 0.2) is 5.82 Å². The number of benzene rings is 3. The van der Waals surface area contributed by atoms with E-state index in [2.05, 4.69) is 50.9 Å². The van der Waals surface area contributed by atoms with E-state index in [0.29, 0.717) is 12.4 Å². The van der Waals surface area contributed by atoms with Crippen molar-refractivity contribution in [2.45, 2.75) is 32.9 Å². The zero-order valence-corrected chi connectivity index (χ0v) is 18.7. The second-order valence-electron chi connectivity index (χ2n) is 8.44. The van der Waals surface area contributed by atoms with Crippen LogP contribution < -0.4 is 5.73 Å². The number of anilines is 1. The molecule has 166 valence electrons. The van der Waals surface area contributed by atoms with Gasteiger partial charge >= 0.3 is 0 Å². The lowest BCUT2D eigenvalue weighted by Gasteiger charge is -2.22. The minimum Gasteiger partial charge on any atom is -0.382 e. The van der Waals surface area contributed by atoms with Crippen molar-refractivity contribution >= 4 is 44.4 Å². The number of para-hydroxylation sites is 1. The third-order valence-corrected chi connectivity index (χ3v) is 6.24. The number of nitrogen functional groups attached to an aromatic ring is 1. The SMILES string of the molecule is CC(=O)N(CCCCn1cnc2c(N)nc3ccccc3c21)Cc1cccc2ccccc12. The summed E-state index contributed by atoms with van der Waals surface area (Å²) in [6.07, 6.45) is 3.68. The fraction of sp³-hybridized carbons (Fsp3) is 0.222. The Hall–Kier alpha value is -3.93. The number of pyridine rings is 1. The number of amides is 1. The summed E-state index contributed by atoms with van der Waals surface area (Å²) in [7, 11) is 0. The summed E-state index contributed by atoms with van der Waals surface area (Å²) in [4.78, 5) is 23.3. The Morgan fingerprint density at radius 3 is 2.58 bits per heavy atom. The number of carbonyl (C=O) groups is 1. The first-order valence-electron chi connectivity index (χ1n) is 11.3. The third-order valence-electron chi connectivity index (χ3n) is 6.24. The lowest BCUT2D eigenvalue weighted by molar-refractivity contribution is -0.129. The summed E-state index contributed by atoms with van der Waals surface area (Å²) in [6.45, 7) is 3.80. The van der Waals surface area contributed by atoms with Crippen LogP contribution in [0.4, 0.5) is 5.82 Å². The highest BCUT2D eigenvalue weighted by Gasteiger charge is 2.13. The number of carbonyl (C=O) groups excluding carboxylic acids is 1. The summed E-state index contributed by atoms with van der Waals surface area (Å²) in [5, 5.41) is 3.46. The van der Waals surface area contributed by atoms with Gasteiger partial charge in [-0.1, -0.05) is 60.7 Å². The monoisotopic (exact) mass is 437 g/mol. The van der Waals surface area contributed by atoms with E-state index in [1.165, 1.54) is 16.3 Å². The Kier molecular flexibility index (Phi) is 5.65. The number of nitrogens with two attached hydrogens (primary N) is 1. The van der Waals surface area contributed by atoms with E-state index in [1.807, 2.05) is 41.6 Å². The van der Waals surface area contributed by atoms with Crippen LogP contribution in [0.3, 0.4) is 0 Å². The van der Waals surface area contributed by atoms with Gasteiger partial charge < -0.3 is 15.2 Å². The van der Waals surface area contributed by atoms with Crippen molar-refractivity contribution < 1.29 is 4.79 Å². The standard InChI is InChI=1S/C27H27N5O/c1-19(33)31(17-21-11-8-10-20-9-2-3-12-22(20)21)15-6-7-16-32-18-29-25-26(32)23-13-4-5-14-24(23)30-27(25)28/h2-5,8-14,18H,6-7,15-17H2,1H3,(H2,28,30). The van der Waals surface area contributed by atoms with Crippen LogP contribution in [0.2, 0.25) is 0 Å². The van der Waals surface area contributed by atoms with Crippen LogP contribution in [0.25, 0.3) is 32.7 Å². The Balaban J connectivity index is 1.29. The number of hydrogen-bond acceptors (Lipinski definition) is 4. The van der Waals surface area contributed by atoms with Gasteiger partial charge in [-0.3, -0.25) is 4.79 Å². The average molecular weight is 438 g/mol. The predicted molar refractivity (Wildman–Crippen MR) is 134 cm³/mol. The number of nitrogens with zero attached hydrogens (tertiary/aromatic N) is 4. The molecule has 6 nitrogen and oxygen atoms in total. The Morgan fingerprint density at radius 1 is 0.970 bits per heavy atom.